The largest absolute Gasteiger partial charge is 0.370 e. The maximum atomic E-state index is 6.00. The summed E-state index contributed by atoms with van der Waals surface area (Å²) in [6.07, 6.45) is 3.98. The summed E-state index contributed by atoms with van der Waals surface area (Å²) >= 11 is 0. The number of likely N-dealkylation sites (tertiary alicyclic amines) is 2. The summed E-state index contributed by atoms with van der Waals surface area (Å²) in [5, 5.41) is 0. The maximum absolute atomic E-state index is 6.00. The average Bonchev–Trinajstić information content (AvgIpc) is 2.87. The lowest BCUT2D eigenvalue weighted by Gasteiger charge is -2.24. The summed E-state index contributed by atoms with van der Waals surface area (Å²) in [7, 11) is 0. The fourth-order valence-corrected chi connectivity index (χ4v) is 2.70. The molecule has 0 aromatic rings. The van der Waals surface area contributed by atoms with Gasteiger partial charge in [0.1, 0.15) is 0 Å². The summed E-state index contributed by atoms with van der Waals surface area (Å²) in [5.41, 5.74) is 6.00. The van der Waals surface area contributed by atoms with Crippen LogP contribution in [0, 0.1) is 0 Å². The van der Waals surface area contributed by atoms with E-state index in [0.29, 0.717) is 12.1 Å². The Morgan fingerprint density at radius 3 is 2.56 bits per heavy atom. The monoisotopic (exact) mass is 224 g/mol. The smallest absolute Gasteiger partial charge is 0.191 e. The number of rotatable bonds is 2. The second-order valence-electron chi connectivity index (χ2n) is 5.21. The molecule has 2 N–H and O–H groups in total. The van der Waals surface area contributed by atoms with E-state index in [-0.39, 0.29) is 0 Å². The van der Waals surface area contributed by atoms with E-state index in [0.717, 1.165) is 19.0 Å². The third kappa shape index (κ3) is 2.67. The van der Waals surface area contributed by atoms with Gasteiger partial charge in [-0.2, -0.15) is 0 Å². The Morgan fingerprint density at radius 1 is 1.25 bits per heavy atom. The van der Waals surface area contributed by atoms with Gasteiger partial charge in [-0.25, -0.2) is 0 Å². The van der Waals surface area contributed by atoms with Crippen molar-refractivity contribution in [2.45, 2.75) is 45.2 Å². The number of nitrogens with zero attached hydrogens (tertiary/aromatic N) is 3. The van der Waals surface area contributed by atoms with Gasteiger partial charge >= 0.3 is 0 Å². The summed E-state index contributed by atoms with van der Waals surface area (Å²) in [4.78, 5) is 9.28. The van der Waals surface area contributed by atoms with Gasteiger partial charge in [-0.1, -0.05) is 0 Å². The average molecular weight is 224 g/mol. The molecular weight excluding hydrogens is 200 g/mol. The molecule has 92 valence electrons. The van der Waals surface area contributed by atoms with Crippen LogP contribution in [0.1, 0.15) is 33.1 Å². The lowest BCUT2D eigenvalue weighted by atomic mass is 10.2. The Bertz CT molecular complexity index is 256. The molecular formula is C12H24N4. The van der Waals surface area contributed by atoms with Crippen LogP contribution in [0.25, 0.3) is 0 Å². The quantitative estimate of drug-likeness (QED) is 0.559. The van der Waals surface area contributed by atoms with E-state index in [1.54, 1.807) is 0 Å². The highest BCUT2D eigenvalue weighted by Crippen LogP contribution is 2.20. The van der Waals surface area contributed by atoms with Crippen LogP contribution in [-0.2, 0) is 0 Å². The predicted molar refractivity (Wildman–Crippen MR) is 67.5 cm³/mol. The first kappa shape index (κ1) is 11.7. The zero-order valence-electron chi connectivity index (χ0n) is 10.5. The third-order valence-corrected chi connectivity index (χ3v) is 3.53. The van der Waals surface area contributed by atoms with Crippen LogP contribution in [0.5, 0.6) is 0 Å². The van der Waals surface area contributed by atoms with E-state index in [9.17, 15) is 0 Å². The molecule has 2 aliphatic heterocycles. The topological polar surface area (TPSA) is 44.9 Å². The van der Waals surface area contributed by atoms with Gasteiger partial charge < -0.3 is 10.6 Å². The standard InChI is InChI=1S/C12H24N4/c1-10(2)14-12(13)16-8-5-11(9-16)15-6-3-4-7-15/h10-11H,3-9H2,1-2H3,(H2,13,14). The summed E-state index contributed by atoms with van der Waals surface area (Å²) in [6, 6.07) is 1.01. The van der Waals surface area contributed by atoms with Crippen LogP contribution in [0.4, 0.5) is 0 Å². The predicted octanol–water partition coefficient (Wildman–Crippen LogP) is 0.880. The first-order chi connectivity index (χ1) is 7.66. The Kier molecular flexibility index (Phi) is 3.69. The lowest BCUT2D eigenvalue weighted by molar-refractivity contribution is 0.249. The highest BCUT2D eigenvalue weighted by molar-refractivity contribution is 5.78. The van der Waals surface area contributed by atoms with Crippen LogP contribution < -0.4 is 5.73 Å². The van der Waals surface area contributed by atoms with Gasteiger partial charge in [0, 0.05) is 25.2 Å². The summed E-state index contributed by atoms with van der Waals surface area (Å²) in [6.45, 7) is 8.84. The Hall–Kier alpha value is -0.770. The molecule has 0 radical (unpaired) electrons. The minimum atomic E-state index is 0.297. The molecule has 1 atom stereocenters. The normalized spacial score (nSPS) is 28.3. The number of guanidine groups is 1. The number of hydrogen-bond donors (Lipinski definition) is 1. The van der Waals surface area contributed by atoms with Crippen molar-refractivity contribution < 1.29 is 0 Å². The second kappa shape index (κ2) is 5.04. The van der Waals surface area contributed by atoms with Crippen molar-refractivity contribution in [2.24, 2.45) is 10.7 Å². The van der Waals surface area contributed by atoms with Crippen molar-refractivity contribution in [3.8, 4) is 0 Å². The molecule has 1 unspecified atom stereocenters. The van der Waals surface area contributed by atoms with Crippen LogP contribution in [0.3, 0.4) is 0 Å². The molecule has 0 aromatic carbocycles. The number of aliphatic imine (C=N–C) groups is 1. The van der Waals surface area contributed by atoms with Crippen molar-refractivity contribution in [3.05, 3.63) is 0 Å². The zero-order valence-corrected chi connectivity index (χ0v) is 10.5. The van der Waals surface area contributed by atoms with Crippen molar-refractivity contribution >= 4 is 5.96 Å². The molecule has 0 aliphatic carbocycles. The fourth-order valence-electron chi connectivity index (χ4n) is 2.70. The van der Waals surface area contributed by atoms with Crippen molar-refractivity contribution in [2.75, 3.05) is 26.2 Å². The van der Waals surface area contributed by atoms with E-state index in [4.69, 9.17) is 5.73 Å². The van der Waals surface area contributed by atoms with Crippen molar-refractivity contribution in [1.82, 2.24) is 9.80 Å². The minimum absolute atomic E-state index is 0.297. The van der Waals surface area contributed by atoms with E-state index < -0.39 is 0 Å². The van der Waals surface area contributed by atoms with Gasteiger partial charge in [0.05, 0.1) is 0 Å². The van der Waals surface area contributed by atoms with Crippen LogP contribution in [-0.4, -0.2) is 54.0 Å². The molecule has 0 bridgehead atoms. The molecule has 4 heteroatoms. The first-order valence-electron chi connectivity index (χ1n) is 6.49. The zero-order chi connectivity index (χ0) is 11.5. The Labute approximate surface area is 98.5 Å². The molecule has 2 saturated heterocycles. The molecule has 4 nitrogen and oxygen atoms in total. The lowest BCUT2D eigenvalue weighted by Crippen LogP contribution is -2.40. The van der Waals surface area contributed by atoms with Gasteiger partial charge in [0.15, 0.2) is 5.96 Å². The van der Waals surface area contributed by atoms with Gasteiger partial charge in [-0.05, 0) is 46.2 Å². The first-order valence-corrected chi connectivity index (χ1v) is 6.49. The van der Waals surface area contributed by atoms with Gasteiger partial charge in [-0.15, -0.1) is 0 Å². The highest BCUT2D eigenvalue weighted by atomic mass is 15.3. The van der Waals surface area contributed by atoms with E-state index >= 15 is 0 Å². The molecule has 2 fully saturated rings. The van der Waals surface area contributed by atoms with E-state index in [1.807, 2.05) is 0 Å². The second-order valence-corrected chi connectivity index (χ2v) is 5.21. The Balaban J connectivity index is 1.87. The van der Waals surface area contributed by atoms with Crippen molar-refractivity contribution in [1.29, 1.82) is 0 Å². The molecule has 0 amide bonds. The molecule has 2 heterocycles. The molecule has 0 aromatic heterocycles. The van der Waals surface area contributed by atoms with Crippen LogP contribution >= 0.6 is 0 Å². The SMILES string of the molecule is CC(C)N=C(N)N1CCC(N2CCCC2)C1. The van der Waals surface area contributed by atoms with Gasteiger partial charge in [0.2, 0.25) is 0 Å². The van der Waals surface area contributed by atoms with E-state index in [1.165, 1.54) is 32.4 Å². The molecule has 0 spiro atoms. The van der Waals surface area contributed by atoms with Crippen LogP contribution in [0.2, 0.25) is 0 Å². The van der Waals surface area contributed by atoms with Crippen molar-refractivity contribution in [3.63, 3.8) is 0 Å². The minimum Gasteiger partial charge on any atom is -0.370 e. The molecule has 16 heavy (non-hydrogen) atoms. The van der Waals surface area contributed by atoms with E-state index in [2.05, 4.69) is 28.6 Å². The molecule has 2 rings (SSSR count). The fraction of sp³-hybridized carbons (Fsp3) is 0.917. The molecule has 2 aliphatic rings. The highest BCUT2D eigenvalue weighted by Gasteiger charge is 2.29. The van der Waals surface area contributed by atoms with Gasteiger partial charge in [0.25, 0.3) is 0 Å². The molecule has 0 saturated carbocycles. The maximum Gasteiger partial charge on any atom is 0.191 e. The summed E-state index contributed by atoms with van der Waals surface area (Å²) in [5.74, 6) is 0.733. The van der Waals surface area contributed by atoms with Gasteiger partial charge in [-0.3, -0.25) is 9.89 Å². The third-order valence-electron chi connectivity index (χ3n) is 3.53. The number of nitrogens with two attached hydrogens (primary N) is 1. The number of hydrogen-bond acceptors (Lipinski definition) is 2. The summed E-state index contributed by atoms with van der Waals surface area (Å²) < 4.78 is 0. The van der Waals surface area contributed by atoms with Crippen LogP contribution in [0.15, 0.2) is 4.99 Å². The Morgan fingerprint density at radius 2 is 1.94 bits per heavy atom.